The second-order valence-corrected chi connectivity index (χ2v) is 5.17. The molecule has 2 nitrogen and oxygen atoms in total. The first kappa shape index (κ1) is 9.84. The van der Waals surface area contributed by atoms with Gasteiger partial charge in [-0.2, -0.15) is 0 Å². The quantitative estimate of drug-likeness (QED) is 0.768. The molecular weight excluding hydrogens is 242 g/mol. The highest BCUT2D eigenvalue weighted by Gasteiger charge is 2.26. The van der Waals surface area contributed by atoms with Crippen LogP contribution in [0.5, 0.6) is 5.75 Å². The zero-order chi connectivity index (χ0) is 10.3. The molecule has 0 fully saturated rings. The van der Waals surface area contributed by atoms with Crippen LogP contribution in [0.3, 0.4) is 0 Å². The van der Waals surface area contributed by atoms with E-state index in [0.29, 0.717) is 0 Å². The third kappa shape index (κ3) is 1.73. The number of fused-ring (bicyclic) bond motifs is 1. The summed E-state index contributed by atoms with van der Waals surface area (Å²) >= 11 is 3.50. The van der Waals surface area contributed by atoms with Crippen molar-refractivity contribution in [3.63, 3.8) is 0 Å². The van der Waals surface area contributed by atoms with Gasteiger partial charge in [0.15, 0.2) is 0 Å². The molecular formula is C11H14BrNO. The van der Waals surface area contributed by atoms with E-state index in [0.717, 1.165) is 22.5 Å². The van der Waals surface area contributed by atoms with Gasteiger partial charge in [-0.1, -0.05) is 15.9 Å². The molecule has 0 bridgehead atoms. The van der Waals surface area contributed by atoms with E-state index >= 15 is 0 Å². The number of aryl methyl sites for hydroxylation is 1. The Morgan fingerprint density at radius 1 is 1.43 bits per heavy atom. The van der Waals surface area contributed by atoms with Gasteiger partial charge in [-0.25, -0.2) is 0 Å². The van der Waals surface area contributed by atoms with E-state index in [-0.39, 0.29) is 5.60 Å². The molecule has 1 aromatic rings. The average molecular weight is 256 g/mol. The molecule has 0 saturated heterocycles. The fraction of sp³-hybridized carbons (Fsp3) is 0.455. The monoisotopic (exact) mass is 255 g/mol. The van der Waals surface area contributed by atoms with Crippen LogP contribution in [0.4, 0.5) is 5.69 Å². The summed E-state index contributed by atoms with van der Waals surface area (Å²) in [5.41, 5.74) is 2.19. The van der Waals surface area contributed by atoms with E-state index in [2.05, 4.69) is 48.1 Å². The average Bonchev–Trinajstić information content (AvgIpc) is 2.07. The Hall–Kier alpha value is -0.700. The Balaban J connectivity index is 2.43. The lowest BCUT2D eigenvalue weighted by Crippen LogP contribution is -2.40. The van der Waals surface area contributed by atoms with Crippen molar-refractivity contribution in [1.82, 2.24) is 0 Å². The summed E-state index contributed by atoms with van der Waals surface area (Å²) in [5.74, 6) is 0.929. The molecule has 14 heavy (non-hydrogen) atoms. The van der Waals surface area contributed by atoms with E-state index in [4.69, 9.17) is 4.74 Å². The van der Waals surface area contributed by atoms with Gasteiger partial charge in [-0.15, -0.1) is 0 Å². The molecule has 1 aliphatic rings. The van der Waals surface area contributed by atoms with Crippen molar-refractivity contribution >= 4 is 21.6 Å². The Morgan fingerprint density at radius 3 is 2.86 bits per heavy atom. The molecule has 1 N–H and O–H groups in total. The molecule has 0 amide bonds. The SMILES string of the molecule is Cc1cc2c(cc1Br)OC(C)(C)CN2. The highest BCUT2D eigenvalue weighted by atomic mass is 79.9. The first-order valence-corrected chi connectivity index (χ1v) is 5.50. The molecule has 3 heteroatoms. The summed E-state index contributed by atoms with van der Waals surface area (Å²) in [6, 6.07) is 4.13. The standard InChI is InChI=1S/C11H14BrNO/c1-7-4-9-10(5-8(7)12)14-11(2,3)6-13-9/h4-5,13H,6H2,1-3H3. The van der Waals surface area contributed by atoms with Crippen LogP contribution < -0.4 is 10.1 Å². The molecule has 1 heterocycles. The Morgan fingerprint density at radius 2 is 2.14 bits per heavy atom. The number of anilines is 1. The lowest BCUT2D eigenvalue weighted by atomic mass is 10.1. The number of hydrogen-bond acceptors (Lipinski definition) is 2. The number of hydrogen-bond donors (Lipinski definition) is 1. The summed E-state index contributed by atoms with van der Waals surface area (Å²) in [4.78, 5) is 0. The first-order valence-electron chi connectivity index (χ1n) is 4.71. The second-order valence-electron chi connectivity index (χ2n) is 4.31. The molecule has 0 aliphatic carbocycles. The van der Waals surface area contributed by atoms with Crippen LogP contribution in [-0.2, 0) is 0 Å². The summed E-state index contributed by atoms with van der Waals surface area (Å²) in [6.45, 7) is 7.08. The molecule has 1 aromatic carbocycles. The number of benzene rings is 1. The minimum Gasteiger partial charge on any atom is -0.484 e. The number of nitrogens with one attached hydrogen (secondary N) is 1. The van der Waals surface area contributed by atoms with Gasteiger partial charge in [-0.05, 0) is 38.5 Å². The topological polar surface area (TPSA) is 21.3 Å². The summed E-state index contributed by atoms with van der Waals surface area (Å²) in [6.07, 6.45) is 0. The maximum absolute atomic E-state index is 5.86. The molecule has 2 rings (SSSR count). The van der Waals surface area contributed by atoms with Crippen LogP contribution in [0.2, 0.25) is 0 Å². The van der Waals surface area contributed by atoms with E-state index < -0.39 is 0 Å². The second kappa shape index (κ2) is 3.16. The summed E-state index contributed by atoms with van der Waals surface area (Å²) < 4.78 is 6.96. The van der Waals surface area contributed by atoms with Crippen molar-refractivity contribution in [2.75, 3.05) is 11.9 Å². The molecule has 0 radical (unpaired) electrons. The number of ether oxygens (including phenoxy) is 1. The van der Waals surface area contributed by atoms with Crippen LogP contribution in [0.1, 0.15) is 19.4 Å². The van der Waals surface area contributed by atoms with Gasteiger partial charge in [0.2, 0.25) is 0 Å². The minimum absolute atomic E-state index is 0.123. The van der Waals surface area contributed by atoms with E-state index in [1.54, 1.807) is 0 Å². The number of halogens is 1. The van der Waals surface area contributed by atoms with Gasteiger partial charge < -0.3 is 10.1 Å². The third-order valence-corrected chi connectivity index (χ3v) is 3.21. The summed E-state index contributed by atoms with van der Waals surface area (Å²) in [7, 11) is 0. The molecule has 0 atom stereocenters. The van der Waals surface area contributed by atoms with Crippen molar-refractivity contribution in [1.29, 1.82) is 0 Å². The van der Waals surface area contributed by atoms with Crippen molar-refractivity contribution < 1.29 is 4.74 Å². The van der Waals surface area contributed by atoms with Gasteiger partial charge in [0.1, 0.15) is 11.4 Å². The molecule has 0 spiro atoms. The van der Waals surface area contributed by atoms with Crippen LogP contribution in [0, 0.1) is 6.92 Å². The van der Waals surface area contributed by atoms with Crippen molar-refractivity contribution in [2.24, 2.45) is 0 Å². The zero-order valence-electron chi connectivity index (χ0n) is 8.65. The maximum Gasteiger partial charge on any atom is 0.144 e. The lowest BCUT2D eigenvalue weighted by molar-refractivity contribution is 0.116. The van der Waals surface area contributed by atoms with Gasteiger partial charge in [0, 0.05) is 4.47 Å². The van der Waals surface area contributed by atoms with Crippen molar-refractivity contribution in [3.05, 3.63) is 22.2 Å². The van der Waals surface area contributed by atoms with Gasteiger partial charge >= 0.3 is 0 Å². The molecule has 1 aliphatic heterocycles. The van der Waals surface area contributed by atoms with Crippen molar-refractivity contribution in [2.45, 2.75) is 26.4 Å². The highest BCUT2D eigenvalue weighted by Crippen LogP contribution is 2.36. The van der Waals surface area contributed by atoms with Gasteiger partial charge in [-0.3, -0.25) is 0 Å². The van der Waals surface area contributed by atoms with Gasteiger partial charge in [0.05, 0.1) is 12.2 Å². The normalized spacial score (nSPS) is 18.0. The van der Waals surface area contributed by atoms with Crippen LogP contribution >= 0.6 is 15.9 Å². The minimum atomic E-state index is -0.123. The van der Waals surface area contributed by atoms with Crippen molar-refractivity contribution in [3.8, 4) is 5.75 Å². The fourth-order valence-electron chi connectivity index (χ4n) is 1.53. The molecule has 76 valence electrons. The van der Waals surface area contributed by atoms with Crippen LogP contribution in [0.25, 0.3) is 0 Å². The predicted octanol–water partition coefficient (Wildman–Crippen LogP) is 3.34. The number of rotatable bonds is 0. The fourth-order valence-corrected chi connectivity index (χ4v) is 1.85. The summed E-state index contributed by atoms with van der Waals surface area (Å²) in [5, 5.41) is 3.38. The Bertz CT molecular complexity index is 374. The van der Waals surface area contributed by atoms with E-state index in [1.165, 1.54) is 5.56 Å². The lowest BCUT2D eigenvalue weighted by Gasteiger charge is -2.33. The van der Waals surface area contributed by atoms with E-state index in [1.807, 2.05) is 6.07 Å². The van der Waals surface area contributed by atoms with Crippen LogP contribution in [-0.4, -0.2) is 12.1 Å². The zero-order valence-corrected chi connectivity index (χ0v) is 10.2. The molecule has 0 unspecified atom stereocenters. The predicted molar refractivity (Wildman–Crippen MR) is 62.1 cm³/mol. The van der Waals surface area contributed by atoms with E-state index in [9.17, 15) is 0 Å². The third-order valence-electron chi connectivity index (χ3n) is 2.35. The first-order chi connectivity index (χ1) is 6.48. The Labute approximate surface area is 92.8 Å². The molecule has 0 aromatic heterocycles. The molecule has 0 saturated carbocycles. The maximum atomic E-state index is 5.86. The highest BCUT2D eigenvalue weighted by molar-refractivity contribution is 9.10. The Kier molecular flexibility index (Phi) is 2.22. The van der Waals surface area contributed by atoms with Crippen LogP contribution in [0.15, 0.2) is 16.6 Å². The largest absolute Gasteiger partial charge is 0.484 e. The van der Waals surface area contributed by atoms with Gasteiger partial charge in [0.25, 0.3) is 0 Å². The smallest absolute Gasteiger partial charge is 0.144 e.